The third kappa shape index (κ3) is 6.84. The molecule has 0 bridgehead atoms. The SMILES string of the molecule is CCC1(C)CC(O[Si](C)(OC2CC(C)(CC)N(C)C(C)(CC)C2C)OC2CC(C)(CC)N(C)C(C)(CC)C2C)C(C)C(C)(CC)N1C. The summed E-state index contributed by atoms with van der Waals surface area (Å²) in [5.41, 5.74) is 0.279. The molecule has 12 unspecified atom stereocenters. The zero-order chi connectivity index (χ0) is 36.2. The summed E-state index contributed by atoms with van der Waals surface area (Å²) in [4.78, 5) is 8.01. The minimum atomic E-state index is -3.21. The van der Waals surface area contributed by atoms with Crippen molar-refractivity contribution in [2.45, 2.75) is 220 Å². The highest BCUT2D eigenvalue weighted by molar-refractivity contribution is 6.59. The number of rotatable bonds is 12. The van der Waals surface area contributed by atoms with Gasteiger partial charge in [-0.05, 0) is 138 Å². The van der Waals surface area contributed by atoms with Crippen molar-refractivity contribution in [3.05, 3.63) is 0 Å². The maximum Gasteiger partial charge on any atom is 0.498 e. The summed E-state index contributed by atoms with van der Waals surface area (Å²) in [5, 5.41) is 0. The Balaban J connectivity index is 2.14. The molecular weight excluding hydrogens is 599 g/mol. The summed E-state index contributed by atoms with van der Waals surface area (Å²) in [6, 6.07) is 0. The molecule has 0 aromatic carbocycles. The van der Waals surface area contributed by atoms with Crippen LogP contribution in [0.2, 0.25) is 6.55 Å². The molecule has 0 N–H and O–H groups in total. The zero-order valence-corrected chi connectivity index (χ0v) is 35.9. The lowest BCUT2D eigenvalue weighted by Gasteiger charge is -2.62. The first-order chi connectivity index (χ1) is 21.5. The standard InChI is InChI=1S/C40H81N3O3Si/c1-20-35(10)26-32(29(7)38(13,23-4)41(35)16)44-47(19,45-33-27-36(11,21-2)42(17)39(14,24-5)30(33)8)46-34-28-37(12,22-3)43(18)40(15,25-6)31(34)9/h29-34H,20-28H2,1-19H3. The van der Waals surface area contributed by atoms with Gasteiger partial charge in [-0.2, -0.15) is 0 Å². The molecular formula is C40H81N3O3Si. The van der Waals surface area contributed by atoms with Crippen LogP contribution in [0.15, 0.2) is 0 Å². The van der Waals surface area contributed by atoms with Gasteiger partial charge in [0.25, 0.3) is 0 Å². The molecule has 0 aliphatic carbocycles. The van der Waals surface area contributed by atoms with E-state index in [-0.39, 0.29) is 51.5 Å². The Morgan fingerprint density at radius 1 is 0.468 bits per heavy atom. The fourth-order valence-corrected chi connectivity index (χ4v) is 13.0. The molecule has 3 rings (SSSR count). The van der Waals surface area contributed by atoms with Crippen LogP contribution in [0.3, 0.4) is 0 Å². The van der Waals surface area contributed by atoms with Crippen LogP contribution in [0, 0.1) is 17.8 Å². The Labute approximate surface area is 294 Å². The third-order valence-corrected chi connectivity index (χ3v) is 19.0. The lowest BCUT2D eigenvalue weighted by atomic mass is 9.68. The Kier molecular flexibility index (Phi) is 12.5. The van der Waals surface area contributed by atoms with E-state index in [0.717, 1.165) is 57.8 Å². The highest BCUT2D eigenvalue weighted by atomic mass is 28.4. The van der Waals surface area contributed by atoms with Crippen molar-refractivity contribution >= 4 is 8.80 Å². The molecule has 6 nitrogen and oxygen atoms in total. The molecule has 0 aromatic heterocycles. The van der Waals surface area contributed by atoms with Gasteiger partial charge in [-0.3, -0.25) is 14.7 Å². The van der Waals surface area contributed by atoms with Gasteiger partial charge in [-0.15, -0.1) is 0 Å². The maximum atomic E-state index is 7.64. The van der Waals surface area contributed by atoms with Crippen LogP contribution in [-0.4, -0.2) is 96.2 Å². The highest BCUT2D eigenvalue weighted by Crippen LogP contribution is 2.51. The summed E-state index contributed by atoms with van der Waals surface area (Å²) in [6.45, 7) is 38.4. The predicted octanol–water partition coefficient (Wildman–Crippen LogP) is 9.64. The number of likely N-dealkylation sites (tertiary alicyclic amines) is 3. The van der Waals surface area contributed by atoms with E-state index in [1.807, 2.05) is 0 Å². The van der Waals surface area contributed by atoms with Crippen molar-refractivity contribution in [2.24, 2.45) is 17.8 Å². The van der Waals surface area contributed by atoms with Crippen LogP contribution in [0.25, 0.3) is 0 Å². The Morgan fingerprint density at radius 3 is 0.851 bits per heavy atom. The average Bonchev–Trinajstić information content (AvgIpc) is 3.05. The van der Waals surface area contributed by atoms with Crippen LogP contribution in [0.5, 0.6) is 0 Å². The highest BCUT2D eigenvalue weighted by Gasteiger charge is 2.59. The first kappa shape index (κ1) is 41.4. The quantitative estimate of drug-likeness (QED) is 0.191. The molecule has 47 heavy (non-hydrogen) atoms. The molecule has 3 aliphatic heterocycles. The lowest BCUT2D eigenvalue weighted by molar-refractivity contribution is -0.171. The topological polar surface area (TPSA) is 37.4 Å². The molecule has 3 fully saturated rings. The second kappa shape index (κ2) is 14.2. The minimum absolute atomic E-state index is 0.0355. The smallest absolute Gasteiger partial charge is 0.370 e. The van der Waals surface area contributed by atoms with Crippen LogP contribution in [0.1, 0.15) is 162 Å². The van der Waals surface area contributed by atoms with Crippen molar-refractivity contribution in [2.75, 3.05) is 21.1 Å². The van der Waals surface area contributed by atoms with E-state index >= 15 is 0 Å². The Hall–Kier alpha value is -0.0231. The molecule has 0 amide bonds. The van der Waals surface area contributed by atoms with Gasteiger partial charge >= 0.3 is 8.80 Å². The fourth-order valence-electron chi connectivity index (χ4n) is 10.4. The van der Waals surface area contributed by atoms with Crippen molar-refractivity contribution in [1.82, 2.24) is 14.7 Å². The molecule has 0 radical (unpaired) electrons. The first-order valence-corrected chi connectivity index (χ1v) is 22.0. The van der Waals surface area contributed by atoms with Crippen molar-refractivity contribution in [3.8, 4) is 0 Å². The van der Waals surface area contributed by atoms with Crippen LogP contribution in [0.4, 0.5) is 0 Å². The van der Waals surface area contributed by atoms with E-state index in [1.165, 1.54) is 0 Å². The van der Waals surface area contributed by atoms with Crippen LogP contribution < -0.4 is 0 Å². The van der Waals surface area contributed by atoms with E-state index in [4.69, 9.17) is 13.3 Å². The second-order valence-corrected chi connectivity index (χ2v) is 20.6. The third-order valence-electron chi connectivity index (χ3n) is 16.8. The van der Waals surface area contributed by atoms with Gasteiger partial charge in [0.1, 0.15) is 0 Å². The number of hydrogen-bond acceptors (Lipinski definition) is 6. The van der Waals surface area contributed by atoms with Crippen LogP contribution in [-0.2, 0) is 13.3 Å². The summed E-state index contributed by atoms with van der Waals surface area (Å²) in [5.74, 6) is 1.05. The van der Waals surface area contributed by atoms with Gasteiger partial charge in [0.15, 0.2) is 0 Å². The number of nitrogens with zero attached hydrogens (tertiary/aromatic N) is 3. The molecule has 3 aliphatic rings. The molecule has 278 valence electrons. The maximum absolute atomic E-state index is 7.64. The molecule has 3 saturated heterocycles. The largest absolute Gasteiger partial charge is 0.498 e. The molecule has 0 spiro atoms. The zero-order valence-electron chi connectivity index (χ0n) is 34.9. The predicted molar refractivity (Wildman–Crippen MR) is 203 cm³/mol. The molecule has 0 saturated carbocycles. The van der Waals surface area contributed by atoms with Gasteiger partial charge in [-0.1, -0.05) is 62.3 Å². The molecule has 3 heterocycles. The van der Waals surface area contributed by atoms with E-state index in [1.54, 1.807) is 0 Å². The molecule has 12 atom stereocenters. The fraction of sp³-hybridized carbons (Fsp3) is 1.00. The van der Waals surface area contributed by atoms with Gasteiger partial charge in [-0.25, -0.2) is 0 Å². The van der Waals surface area contributed by atoms with Gasteiger partial charge in [0.2, 0.25) is 0 Å². The second-order valence-electron chi connectivity index (χ2n) is 18.2. The summed E-state index contributed by atoms with van der Waals surface area (Å²) in [7, 11) is 3.83. The van der Waals surface area contributed by atoms with E-state index in [0.29, 0.717) is 17.8 Å². The average molecular weight is 680 g/mol. The van der Waals surface area contributed by atoms with Gasteiger partial charge in [0.05, 0.1) is 18.3 Å². The van der Waals surface area contributed by atoms with E-state index < -0.39 is 8.80 Å². The molecule has 0 aromatic rings. The monoisotopic (exact) mass is 680 g/mol. The van der Waals surface area contributed by atoms with Crippen molar-refractivity contribution in [1.29, 1.82) is 0 Å². The van der Waals surface area contributed by atoms with Crippen molar-refractivity contribution < 1.29 is 13.3 Å². The lowest BCUT2D eigenvalue weighted by Crippen LogP contribution is -2.71. The summed E-state index contributed by atoms with van der Waals surface area (Å²) >= 11 is 0. The Morgan fingerprint density at radius 2 is 0.681 bits per heavy atom. The number of piperidine rings is 3. The summed E-state index contributed by atoms with van der Waals surface area (Å²) in [6.07, 6.45) is 9.76. The minimum Gasteiger partial charge on any atom is -0.370 e. The Bertz CT molecular complexity index is 937. The van der Waals surface area contributed by atoms with Gasteiger partial charge < -0.3 is 13.3 Å². The van der Waals surface area contributed by atoms with Crippen molar-refractivity contribution in [3.63, 3.8) is 0 Å². The van der Waals surface area contributed by atoms with Crippen LogP contribution >= 0.6 is 0 Å². The van der Waals surface area contributed by atoms with E-state index in [9.17, 15) is 0 Å². The normalized spacial score (nSPS) is 48.8. The van der Waals surface area contributed by atoms with Gasteiger partial charge in [0, 0.05) is 39.8 Å². The molecule has 7 heteroatoms. The first-order valence-electron chi connectivity index (χ1n) is 19.8. The van der Waals surface area contributed by atoms with E-state index in [2.05, 4.69) is 146 Å². The number of hydrogen-bond donors (Lipinski definition) is 0. The summed E-state index contributed by atoms with van der Waals surface area (Å²) < 4.78 is 22.9.